The molecule has 0 aromatic carbocycles. The zero-order chi connectivity index (χ0) is 16.2. The largest absolute Gasteiger partial charge is 0.573 e. The number of hydrogen-bond donors (Lipinski definition) is 0. The van der Waals surface area contributed by atoms with Gasteiger partial charge in [-0.25, -0.2) is 0 Å². The molecular weight excluding hydrogens is 301 g/mol. The van der Waals surface area contributed by atoms with Crippen LogP contribution in [0, 0.1) is 10.1 Å². The number of carbonyl (C=O) groups is 1. The summed E-state index contributed by atoms with van der Waals surface area (Å²) in [6.07, 6.45) is -5.64. The van der Waals surface area contributed by atoms with E-state index in [1.54, 1.807) is 0 Å². The summed E-state index contributed by atoms with van der Waals surface area (Å²) in [5.74, 6) is -3.76. The molecule has 0 N–H and O–H groups in total. The van der Waals surface area contributed by atoms with E-state index in [9.17, 15) is 28.1 Å². The first-order valence-electron chi connectivity index (χ1n) is 5.22. The molecule has 1 aromatic rings. The number of methoxy groups -OCH3 is 2. The molecule has 116 valence electrons. The Labute approximate surface area is 115 Å². The number of aromatic nitrogens is 1. The Balaban J connectivity index is 3.35. The fourth-order valence-corrected chi connectivity index (χ4v) is 1.34. The minimum absolute atomic E-state index is 0.195. The number of pyridine rings is 1. The van der Waals surface area contributed by atoms with Crippen LogP contribution in [0.25, 0.3) is 0 Å². The lowest BCUT2D eigenvalue weighted by Gasteiger charge is -2.12. The number of nitro groups is 1. The molecule has 0 amide bonds. The van der Waals surface area contributed by atoms with Crippen LogP contribution in [0.3, 0.4) is 0 Å². The molecule has 8 nitrogen and oxygen atoms in total. The van der Waals surface area contributed by atoms with Crippen LogP contribution in [0.15, 0.2) is 6.07 Å². The summed E-state index contributed by atoms with van der Waals surface area (Å²) in [6, 6.07) is 0.922. The van der Waals surface area contributed by atoms with Crippen LogP contribution in [0.4, 0.5) is 19.0 Å². The van der Waals surface area contributed by atoms with Crippen LogP contribution < -0.4 is 9.47 Å². The van der Waals surface area contributed by atoms with Crippen molar-refractivity contribution in [1.29, 1.82) is 0 Å². The van der Waals surface area contributed by atoms with Crippen LogP contribution in [0.2, 0.25) is 0 Å². The van der Waals surface area contributed by atoms with E-state index < -0.39 is 41.0 Å². The van der Waals surface area contributed by atoms with Crippen LogP contribution in [-0.4, -0.2) is 36.5 Å². The number of ether oxygens (including phenoxy) is 3. The quantitative estimate of drug-likeness (QED) is 0.462. The number of carbonyl (C=O) groups excluding carboxylic acids is 1. The highest BCUT2D eigenvalue weighted by atomic mass is 19.4. The summed E-state index contributed by atoms with van der Waals surface area (Å²) in [7, 11) is 2.07. The number of hydrogen-bond acceptors (Lipinski definition) is 7. The molecule has 0 aliphatic carbocycles. The van der Waals surface area contributed by atoms with Gasteiger partial charge in [0.05, 0.1) is 14.2 Å². The Hall–Kier alpha value is -2.59. The third kappa shape index (κ3) is 4.47. The fraction of sp³-hybridized carbons (Fsp3) is 0.400. The lowest BCUT2D eigenvalue weighted by atomic mass is 10.2. The van der Waals surface area contributed by atoms with E-state index in [1.807, 2.05) is 0 Å². The summed E-state index contributed by atoms with van der Waals surface area (Å²) >= 11 is 0. The molecular formula is C10H9F3N2O6. The average Bonchev–Trinajstić information content (AvgIpc) is 2.37. The van der Waals surface area contributed by atoms with Crippen molar-refractivity contribution in [2.75, 3.05) is 14.2 Å². The topological polar surface area (TPSA) is 101 Å². The Kier molecular flexibility index (Phi) is 4.89. The fourth-order valence-electron chi connectivity index (χ4n) is 1.34. The summed E-state index contributed by atoms with van der Waals surface area (Å²) in [5, 5.41) is 10.8. The van der Waals surface area contributed by atoms with Gasteiger partial charge in [-0.1, -0.05) is 0 Å². The molecule has 0 aliphatic heterocycles. The van der Waals surface area contributed by atoms with Gasteiger partial charge in [0.15, 0.2) is 11.4 Å². The SMILES string of the molecule is COC(=O)Cc1cc(OC)c(OC(F)(F)F)c([N+](=O)[O-])n1. The van der Waals surface area contributed by atoms with Gasteiger partial charge in [0.25, 0.3) is 5.75 Å². The van der Waals surface area contributed by atoms with Crippen molar-refractivity contribution >= 4 is 11.8 Å². The van der Waals surface area contributed by atoms with Crippen molar-refractivity contribution in [3.8, 4) is 11.5 Å². The lowest BCUT2D eigenvalue weighted by Crippen LogP contribution is -2.19. The van der Waals surface area contributed by atoms with Gasteiger partial charge in [0.2, 0.25) is 0 Å². The molecule has 1 aromatic heterocycles. The van der Waals surface area contributed by atoms with E-state index >= 15 is 0 Å². The molecule has 1 rings (SSSR count). The van der Waals surface area contributed by atoms with E-state index in [4.69, 9.17) is 0 Å². The lowest BCUT2D eigenvalue weighted by molar-refractivity contribution is -0.393. The summed E-state index contributed by atoms with van der Waals surface area (Å²) in [4.78, 5) is 24.1. The molecule has 1 heterocycles. The van der Waals surface area contributed by atoms with Crippen LogP contribution >= 0.6 is 0 Å². The number of rotatable bonds is 5. The molecule has 21 heavy (non-hydrogen) atoms. The predicted octanol–water partition coefficient (Wildman–Crippen LogP) is 1.61. The highest BCUT2D eigenvalue weighted by Crippen LogP contribution is 2.39. The van der Waals surface area contributed by atoms with Crippen molar-refractivity contribution in [1.82, 2.24) is 4.98 Å². The van der Waals surface area contributed by atoms with E-state index in [0.29, 0.717) is 0 Å². The van der Waals surface area contributed by atoms with Crippen LogP contribution in [0.5, 0.6) is 11.5 Å². The zero-order valence-corrected chi connectivity index (χ0v) is 10.8. The third-order valence-corrected chi connectivity index (χ3v) is 2.14. The van der Waals surface area contributed by atoms with Gasteiger partial charge < -0.3 is 24.3 Å². The van der Waals surface area contributed by atoms with Gasteiger partial charge in [-0.05, 0) is 9.91 Å². The molecule has 0 atom stereocenters. The number of halogens is 3. The maximum Gasteiger partial charge on any atom is 0.573 e. The van der Waals surface area contributed by atoms with E-state index in [2.05, 4.69) is 19.2 Å². The Bertz CT molecular complexity index is 560. The molecule has 0 radical (unpaired) electrons. The maximum atomic E-state index is 12.3. The maximum absolute atomic E-state index is 12.3. The van der Waals surface area contributed by atoms with E-state index in [-0.39, 0.29) is 5.69 Å². The van der Waals surface area contributed by atoms with Gasteiger partial charge in [-0.15, -0.1) is 13.2 Å². The minimum Gasteiger partial charge on any atom is -0.492 e. The van der Waals surface area contributed by atoms with Crippen LogP contribution in [0.1, 0.15) is 5.69 Å². The third-order valence-electron chi connectivity index (χ3n) is 2.14. The summed E-state index contributed by atoms with van der Waals surface area (Å²) in [6.45, 7) is 0. The first-order valence-corrected chi connectivity index (χ1v) is 5.22. The van der Waals surface area contributed by atoms with Gasteiger partial charge in [0, 0.05) is 6.07 Å². The van der Waals surface area contributed by atoms with Crippen molar-refractivity contribution in [3.63, 3.8) is 0 Å². The van der Waals surface area contributed by atoms with Gasteiger partial charge in [-0.2, -0.15) is 0 Å². The van der Waals surface area contributed by atoms with E-state index in [0.717, 1.165) is 20.3 Å². The van der Waals surface area contributed by atoms with E-state index in [1.165, 1.54) is 0 Å². The second kappa shape index (κ2) is 6.24. The highest BCUT2D eigenvalue weighted by molar-refractivity contribution is 5.72. The molecule has 0 saturated carbocycles. The standard InChI is InChI=1S/C10H9F3N2O6/c1-19-6-3-5(4-7(16)20-2)14-9(15(17)18)8(6)21-10(11,12)13/h3H,4H2,1-2H3. The zero-order valence-electron chi connectivity index (χ0n) is 10.8. The number of alkyl halides is 3. The first-order chi connectivity index (χ1) is 9.67. The molecule has 0 aliphatic rings. The molecule has 0 unspecified atom stereocenters. The average molecular weight is 310 g/mol. The molecule has 0 saturated heterocycles. The second-order valence-electron chi connectivity index (χ2n) is 3.53. The van der Waals surface area contributed by atoms with Gasteiger partial charge in [-0.3, -0.25) is 4.79 Å². The normalized spacial score (nSPS) is 10.9. The number of esters is 1. The first kappa shape index (κ1) is 16.5. The monoisotopic (exact) mass is 310 g/mol. The van der Waals surface area contributed by atoms with Crippen molar-refractivity contribution < 1.29 is 37.1 Å². The summed E-state index contributed by atoms with van der Waals surface area (Å²) < 4.78 is 49.3. The van der Waals surface area contributed by atoms with Crippen molar-refractivity contribution in [3.05, 3.63) is 21.9 Å². The van der Waals surface area contributed by atoms with Gasteiger partial charge >= 0.3 is 18.1 Å². The van der Waals surface area contributed by atoms with Crippen LogP contribution in [-0.2, 0) is 16.0 Å². The summed E-state index contributed by atoms with van der Waals surface area (Å²) in [5.41, 5.74) is -0.195. The minimum atomic E-state index is -5.16. The molecule has 0 spiro atoms. The van der Waals surface area contributed by atoms with Crippen molar-refractivity contribution in [2.24, 2.45) is 0 Å². The Morgan fingerprint density at radius 2 is 2.05 bits per heavy atom. The Morgan fingerprint density at radius 1 is 1.43 bits per heavy atom. The predicted molar refractivity (Wildman–Crippen MR) is 59.8 cm³/mol. The molecule has 0 bridgehead atoms. The molecule has 11 heteroatoms. The highest BCUT2D eigenvalue weighted by Gasteiger charge is 2.38. The van der Waals surface area contributed by atoms with Crippen molar-refractivity contribution in [2.45, 2.75) is 12.8 Å². The second-order valence-corrected chi connectivity index (χ2v) is 3.53. The Morgan fingerprint density at radius 3 is 2.48 bits per heavy atom. The smallest absolute Gasteiger partial charge is 0.492 e. The van der Waals surface area contributed by atoms with Gasteiger partial charge in [0.1, 0.15) is 6.42 Å². The number of nitrogens with zero attached hydrogens (tertiary/aromatic N) is 2. The molecule has 0 fully saturated rings.